The highest BCUT2D eigenvalue weighted by molar-refractivity contribution is 7.99. The van der Waals surface area contributed by atoms with Crippen LogP contribution in [0.25, 0.3) is 0 Å². The monoisotopic (exact) mass is 313 g/mol. The van der Waals surface area contributed by atoms with Crippen LogP contribution in [0.5, 0.6) is 0 Å². The molecule has 4 N–H and O–H groups in total. The van der Waals surface area contributed by atoms with E-state index in [2.05, 4.69) is 16.7 Å². The van der Waals surface area contributed by atoms with Crippen molar-refractivity contribution in [3.05, 3.63) is 34.3 Å². The van der Waals surface area contributed by atoms with E-state index in [1.807, 2.05) is 23.9 Å². The minimum atomic E-state index is 0.0737. The molecule has 1 aliphatic rings. The Bertz CT molecular complexity index is 495. The predicted molar refractivity (Wildman–Crippen MR) is 85.7 cm³/mol. The molecule has 0 heterocycles. The van der Waals surface area contributed by atoms with Crippen LogP contribution in [-0.4, -0.2) is 28.6 Å². The smallest absolute Gasteiger partial charge is 0.170 e. The van der Waals surface area contributed by atoms with Crippen LogP contribution in [0.1, 0.15) is 30.4 Å². The molecule has 2 rings (SSSR count). The summed E-state index contributed by atoms with van der Waals surface area (Å²) in [7, 11) is 0. The van der Waals surface area contributed by atoms with E-state index in [1.165, 1.54) is 19.3 Å². The van der Waals surface area contributed by atoms with Gasteiger partial charge in [-0.2, -0.15) is 11.8 Å². The Morgan fingerprint density at radius 3 is 3.00 bits per heavy atom. The Morgan fingerprint density at radius 2 is 2.35 bits per heavy atom. The Hall–Kier alpha value is -0.910. The second-order valence-electron chi connectivity index (χ2n) is 4.98. The minimum absolute atomic E-state index is 0.0737. The van der Waals surface area contributed by atoms with Crippen LogP contribution in [-0.2, 0) is 6.54 Å². The molecular weight excluding hydrogens is 294 g/mol. The normalized spacial score (nSPS) is 23.2. The second-order valence-corrected chi connectivity index (χ2v) is 6.47. The number of oxime groups is 1. The molecule has 20 heavy (non-hydrogen) atoms. The summed E-state index contributed by atoms with van der Waals surface area (Å²) in [6.45, 7) is 0.747. The fourth-order valence-electron chi connectivity index (χ4n) is 2.59. The molecule has 2 atom stereocenters. The number of rotatable bonds is 5. The van der Waals surface area contributed by atoms with Gasteiger partial charge in [-0.05, 0) is 30.7 Å². The highest BCUT2D eigenvalue weighted by Gasteiger charge is 2.25. The van der Waals surface area contributed by atoms with Gasteiger partial charge in [0.05, 0.1) is 0 Å². The van der Waals surface area contributed by atoms with Gasteiger partial charge in [-0.25, -0.2) is 0 Å². The average Bonchev–Trinajstić information content (AvgIpc) is 2.92. The maximum atomic E-state index is 8.66. The lowest BCUT2D eigenvalue weighted by atomic mass is 10.1. The van der Waals surface area contributed by atoms with Crippen molar-refractivity contribution in [1.29, 1.82) is 0 Å². The Balaban J connectivity index is 2.00. The molecule has 1 saturated carbocycles. The Kier molecular flexibility index (Phi) is 5.57. The molecule has 4 nitrogen and oxygen atoms in total. The first kappa shape index (κ1) is 15.5. The van der Waals surface area contributed by atoms with Gasteiger partial charge < -0.3 is 16.3 Å². The van der Waals surface area contributed by atoms with Crippen molar-refractivity contribution in [3.63, 3.8) is 0 Å². The molecule has 0 radical (unpaired) electrons. The molecule has 1 fully saturated rings. The number of amidine groups is 1. The molecule has 2 unspecified atom stereocenters. The van der Waals surface area contributed by atoms with Crippen molar-refractivity contribution in [2.45, 2.75) is 37.1 Å². The highest BCUT2D eigenvalue weighted by Crippen LogP contribution is 2.29. The summed E-state index contributed by atoms with van der Waals surface area (Å²) >= 11 is 8.18. The van der Waals surface area contributed by atoms with Crippen LogP contribution < -0.4 is 11.1 Å². The van der Waals surface area contributed by atoms with Gasteiger partial charge in [0.2, 0.25) is 0 Å². The van der Waals surface area contributed by atoms with Gasteiger partial charge in [-0.15, -0.1) is 0 Å². The van der Waals surface area contributed by atoms with Crippen LogP contribution >= 0.6 is 23.4 Å². The molecule has 0 amide bonds. The van der Waals surface area contributed by atoms with E-state index >= 15 is 0 Å². The number of halogens is 1. The quantitative estimate of drug-likeness (QED) is 0.338. The second kappa shape index (κ2) is 7.20. The van der Waals surface area contributed by atoms with Crippen LogP contribution in [0.3, 0.4) is 0 Å². The van der Waals surface area contributed by atoms with E-state index in [-0.39, 0.29) is 5.84 Å². The van der Waals surface area contributed by atoms with E-state index in [0.717, 1.165) is 12.1 Å². The van der Waals surface area contributed by atoms with E-state index in [9.17, 15) is 0 Å². The topological polar surface area (TPSA) is 70.6 Å². The number of thioether (sulfide) groups is 1. The third-order valence-corrected chi connectivity index (χ3v) is 5.29. The molecule has 6 heteroatoms. The van der Waals surface area contributed by atoms with Crippen molar-refractivity contribution >= 4 is 29.2 Å². The van der Waals surface area contributed by atoms with Gasteiger partial charge in [0.25, 0.3) is 0 Å². The average molecular weight is 314 g/mol. The van der Waals surface area contributed by atoms with Crippen LogP contribution in [0.15, 0.2) is 23.4 Å². The number of hydrogen-bond donors (Lipinski definition) is 3. The molecule has 0 bridgehead atoms. The summed E-state index contributed by atoms with van der Waals surface area (Å²) in [4.78, 5) is 0. The predicted octanol–water partition coefficient (Wildman–Crippen LogP) is 2.81. The van der Waals surface area contributed by atoms with E-state index in [4.69, 9.17) is 22.5 Å². The lowest BCUT2D eigenvalue weighted by Gasteiger charge is -2.19. The summed E-state index contributed by atoms with van der Waals surface area (Å²) in [5.74, 6) is 0.0737. The molecule has 0 aliphatic heterocycles. The van der Waals surface area contributed by atoms with E-state index < -0.39 is 0 Å². The van der Waals surface area contributed by atoms with Gasteiger partial charge >= 0.3 is 0 Å². The summed E-state index contributed by atoms with van der Waals surface area (Å²) in [5.41, 5.74) is 7.21. The molecule has 0 spiro atoms. The lowest BCUT2D eigenvalue weighted by Crippen LogP contribution is -2.33. The largest absolute Gasteiger partial charge is 0.409 e. The number of hydrogen-bond acceptors (Lipinski definition) is 4. The molecule has 0 saturated heterocycles. The third-order valence-electron chi connectivity index (χ3n) is 3.77. The van der Waals surface area contributed by atoms with Gasteiger partial charge in [0, 0.05) is 28.4 Å². The summed E-state index contributed by atoms with van der Waals surface area (Å²) in [5, 5.41) is 16.6. The SMILES string of the molecule is CSC1CCCC1NCc1ccc(/C(N)=N/O)cc1Cl. The summed E-state index contributed by atoms with van der Waals surface area (Å²) in [6.07, 6.45) is 5.98. The summed E-state index contributed by atoms with van der Waals surface area (Å²) in [6, 6.07) is 6.03. The number of nitrogens with zero attached hydrogens (tertiary/aromatic N) is 1. The first-order chi connectivity index (χ1) is 9.65. The molecule has 1 aromatic rings. The van der Waals surface area contributed by atoms with Gasteiger partial charge in [-0.1, -0.05) is 35.3 Å². The van der Waals surface area contributed by atoms with Crippen molar-refractivity contribution in [2.24, 2.45) is 10.9 Å². The first-order valence-electron chi connectivity index (χ1n) is 6.68. The van der Waals surface area contributed by atoms with Crippen molar-refractivity contribution in [2.75, 3.05) is 6.26 Å². The number of benzene rings is 1. The van der Waals surface area contributed by atoms with Gasteiger partial charge in [0.1, 0.15) is 0 Å². The fraction of sp³-hybridized carbons (Fsp3) is 0.500. The van der Waals surface area contributed by atoms with E-state index in [0.29, 0.717) is 21.9 Å². The van der Waals surface area contributed by atoms with E-state index in [1.54, 1.807) is 6.07 Å². The summed E-state index contributed by atoms with van der Waals surface area (Å²) < 4.78 is 0. The van der Waals surface area contributed by atoms with Crippen LogP contribution in [0, 0.1) is 0 Å². The lowest BCUT2D eigenvalue weighted by molar-refractivity contribution is 0.318. The Labute approximate surface area is 128 Å². The highest BCUT2D eigenvalue weighted by atomic mass is 35.5. The third kappa shape index (κ3) is 3.59. The standard InChI is InChI=1S/C14H20ClN3OS/c1-20-13-4-2-3-12(13)17-8-10-6-5-9(7-11(10)15)14(16)18-19/h5-7,12-13,17,19H,2-4,8H2,1H3,(H2,16,18). The molecular formula is C14H20ClN3OS. The minimum Gasteiger partial charge on any atom is -0.409 e. The Morgan fingerprint density at radius 1 is 1.55 bits per heavy atom. The maximum absolute atomic E-state index is 8.66. The zero-order chi connectivity index (χ0) is 14.5. The molecule has 1 aromatic carbocycles. The van der Waals surface area contributed by atoms with Crippen molar-refractivity contribution in [1.82, 2.24) is 5.32 Å². The molecule has 0 aromatic heterocycles. The maximum Gasteiger partial charge on any atom is 0.170 e. The van der Waals surface area contributed by atoms with Crippen LogP contribution in [0.2, 0.25) is 5.02 Å². The first-order valence-corrected chi connectivity index (χ1v) is 8.34. The number of nitrogens with two attached hydrogens (primary N) is 1. The van der Waals surface area contributed by atoms with Crippen molar-refractivity contribution in [3.8, 4) is 0 Å². The van der Waals surface area contributed by atoms with Gasteiger partial charge in [0.15, 0.2) is 5.84 Å². The zero-order valence-corrected chi connectivity index (χ0v) is 13.0. The van der Waals surface area contributed by atoms with Crippen molar-refractivity contribution < 1.29 is 5.21 Å². The molecule has 110 valence electrons. The zero-order valence-electron chi connectivity index (χ0n) is 11.5. The number of nitrogens with one attached hydrogen (secondary N) is 1. The van der Waals surface area contributed by atoms with Crippen LogP contribution in [0.4, 0.5) is 0 Å². The molecule has 1 aliphatic carbocycles. The van der Waals surface area contributed by atoms with Gasteiger partial charge in [-0.3, -0.25) is 0 Å². The fourth-order valence-corrected chi connectivity index (χ4v) is 3.80.